The molecule has 3 aromatic carbocycles. The van der Waals surface area contributed by atoms with Crippen molar-refractivity contribution < 1.29 is 9.47 Å². The summed E-state index contributed by atoms with van der Waals surface area (Å²) in [7, 11) is 0. The topological polar surface area (TPSA) is 42.2 Å². The number of hydrogen-bond acceptors (Lipinski definition) is 3. The smallest absolute Gasteiger partial charge is 0.161 e. The van der Waals surface area contributed by atoms with Crippen LogP contribution in [0.3, 0.4) is 0 Å². The van der Waals surface area contributed by atoms with E-state index < -0.39 is 0 Å². The van der Waals surface area contributed by atoms with Crippen molar-refractivity contribution in [3.05, 3.63) is 94.5 Å². The Morgan fingerprint density at radius 2 is 1.52 bits per heavy atom. The SMILES string of the molecule is CCOc1cc(/C=C(/C#N)c2ccc(C)cc2)ccc1OCc1ccc(C)cc1. The van der Waals surface area contributed by atoms with Crippen LogP contribution in [-0.4, -0.2) is 6.61 Å². The van der Waals surface area contributed by atoms with E-state index in [4.69, 9.17) is 9.47 Å². The van der Waals surface area contributed by atoms with Crippen LogP contribution in [0.15, 0.2) is 66.7 Å². The Balaban J connectivity index is 1.83. The second kappa shape index (κ2) is 9.61. The molecule has 0 aliphatic carbocycles. The van der Waals surface area contributed by atoms with Crippen LogP contribution in [0.25, 0.3) is 11.6 Å². The molecule has 0 radical (unpaired) electrons. The summed E-state index contributed by atoms with van der Waals surface area (Å²) in [5, 5.41) is 9.59. The number of nitriles is 1. The van der Waals surface area contributed by atoms with E-state index in [1.807, 2.05) is 62.4 Å². The summed E-state index contributed by atoms with van der Waals surface area (Å²) < 4.78 is 11.8. The predicted molar refractivity (Wildman–Crippen MR) is 118 cm³/mol. The molecule has 3 rings (SSSR count). The molecule has 0 N–H and O–H groups in total. The van der Waals surface area contributed by atoms with Gasteiger partial charge in [-0.2, -0.15) is 5.26 Å². The summed E-state index contributed by atoms with van der Waals surface area (Å²) in [6.07, 6.45) is 1.87. The molecule has 0 aliphatic rings. The third kappa shape index (κ3) is 5.49. The second-order valence-electron chi connectivity index (χ2n) is 6.95. The molecule has 0 bridgehead atoms. The highest BCUT2D eigenvalue weighted by Crippen LogP contribution is 2.31. The van der Waals surface area contributed by atoms with Crippen LogP contribution in [0.4, 0.5) is 0 Å². The zero-order valence-electron chi connectivity index (χ0n) is 17.1. The van der Waals surface area contributed by atoms with Gasteiger partial charge in [0.25, 0.3) is 0 Å². The van der Waals surface area contributed by atoms with E-state index >= 15 is 0 Å². The summed E-state index contributed by atoms with van der Waals surface area (Å²) in [4.78, 5) is 0. The van der Waals surface area contributed by atoms with E-state index in [1.165, 1.54) is 11.1 Å². The summed E-state index contributed by atoms with van der Waals surface area (Å²) in [5.41, 5.74) is 5.90. The van der Waals surface area contributed by atoms with Crippen molar-refractivity contribution in [3.8, 4) is 17.6 Å². The minimum Gasteiger partial charge on any atom is -0.490 e. The van der Waals surface area contributed by atoms with Gasteiger partial charge in [0, 0.05) is 0 Å². The van der Waals surface area contributed by atoms with E-state index in [9.17, 15) is 5.26 Å². The number of benzene rings is 3. The van der Waals surface area contributed by atoms with Crippen molar-refractivity contribution in [2.24, 2.45) is 0 Å². The molecule has 0 amide bonds. The van der Waals surface area contributed by atoms with Crippen LogP contribution in [0.1, 0.15) is 34.7 Å². The van der Waals surface area contributed by atoms with E-state index in [1.54, 1.807) is 0 Å². The van der Waals surface area contributed by atoms with E-state index in [0.717, 1.165) is 16.7 Å². The van der Waals surface area contributed by atoms with Crippen molar-refractivity contribution in [1.82, 2.24) is 0 Å². The van der Waals surface area contributed by atoms with Gasteiger partial charge in [-0.25, -0.2) is 0 Å². The zero-order valence-corrected chi connectivity index (χ0v) is 17.1. The Morgan fingerprint density at radius 3 is 2.14 bits per heavy atom. The lowest BCUT2D eigenvalue weighted by atomic mass is 10.0. The molecule has 0 unspecified atom stereocenters. The van der Waals surface area contributed by atoms with E-state index in [2.05, 4.69) is 37.3 Å². The van der Waals surface area contributed by atoms with Gasteiger partial charge in [-0.15, -0.1) is 0 Å². The first-order valence-corrected chi connectivity index (χ1v) is 9.73. The fraction of sp³-hybridized carbons (Fsp3) is 0.192. The lowest BCUT2D eigenvalue weighted by Gasteiger charge is -2.13. The van der Waals surface area contributed by atoms with E-state index in [-0.39, 0.29) is 0 Å². The number of rotatable bonds is 7. The molecule has 0 aromatic heterocycles. The maximum atomic E-state index is 9.59. The predicted octanol–water partition coefficient (Wildman–Crippen LogP) is 6.35. The summed E-state index contributed by atoms with van der Waals surface area (Å²) in [5.74, 6) is 1.37. The van der Waals surface area contributed by atoms with Crippen LogP contribution >= 0.6 is 0 Å². The van der Waals surface area contributed by atoms with Crippen LogP contribution < -0.4 is 9.47 Å². The van der Waals surface area contributed by atoms with Crippen LogP contribution in [0.5, 0.6) is 11.5 Å². The molecule has 0 saturated carbocycles. The third-order valence-corrected chi connectivity index (χ3v) is 4.58. The van der Waals surface area contributed by atoms with Crippen molar-refractivity contribution >= 4 is 11.6 Å². The number of ether oxygens (including phenoxy) is 2. The van der Waals surface area contributed by atoms with Gasteiger partial charge in [-0.1, -0.05) is 65.7 Å². The van der Waals surface area contributed by atoms with Gasteiger partial charge < -0.3 is 9.47 Å². The average molecular weight is 383 g/mol. The van der Waals surface area contributed by atoms with Gasteiger partial charge in [-0.3, -0.25) is 0 Å². The van der Waals surface area contributed by atoms with Crippen molar-refractivity contribution in [2.75, 3.05) is 6.61 Å². The minimum absolute atomic E-state index is 0.475. The van der Waals surface area contributed by atoms with E-state index in [0.29, 0.717) is 30.3 Å². The highest BCUT2D eigenvalue weighted by molar-refractivity contribution is 5.89. The Labute approximate surface area is 172 Å². The minimum atomic E-state index is 0.475. The van der Waals surface area contributed by atoms with Crippen LogP contribution in [0, 0.1) is 25.2 Å². The standard InChI is InChI=1S/C26H25NO2/c1-4-28-26-16-22(15-24(17-27)23-12-7-20(3)8-13-23)11-14-25(26)29-18-21-9-5-19(2)6-10-21/h5-16H,4,18H2,1-3H3/b24-15-. The Kier molecular flexibility index (Phi) is 6.71. The average Bonchev–Trinajstić information content (AvgIpc) is 2.73. The largest absolute Gasteiger partial charge is 0.490 e. The molecule has 0 fully saturated rings. The van der Waals surface area contributed by atoms with Gasteiger partial charge in [-0.05, 0) is 55.7 Å². The first-order valence-electron chi connectivity index (χ1n) is 9.73. The number of hydrogen-bond donors (Lipinski definition) is 0. The molecule has 0 saturated heterocycles. The van der Waals surface area contributed by atoms with Gasteiger partial charge in [0.05, 0.1) is 18.2 Å². The maximum Gasteiger partial charge on any atom is 0.161 e. The second-order valence-corrected chi connectivity index (χ2v) is 6.95. The molecule has 0 aliphatic heterocycles. The molecule has 29 heavy (non-hydrogen) atoms. The van der Waals surface area contributed by atoms with Gasteiger partial charge in [0.15, 0.2) is 11.5 Å². The van der Waals surface area contributed by atoms with Crippen LogP contribution in [-0.2, 0) is 6.61 Å². The maximum absolute atomic E-state index is 9.59. The highest BCUT2D eigenvalue weighted by Gasteiger charge is 2.08. The van der Waals surface area contributed by atoms with Gasteiger partial charge in [0.2, 0.25) is 0 Å². The molecule has 3 aromatic rings. The summed E-state index contributed by atoms with van der Waals surface area (Å²) in [6.45, 7) is 7.05. The van der Waals surface area contributed by atoms with Crippen molar-refractivity contribution in [1.29, 1.82) is 5.26 Å². The Hall–Kier alpha value is -3.51. The lowest BCUT2D eigenvalue weighted by Crippen LogP contribution is -2.00. The number of aryl methyl sites for hydroxylation is 2. The fourth-order valence-corrected chi connectivity index (χ4v) is 2.93. The fourth-order valence-electron chi connectivity index (χ4n) is 2.93. The lowest BCUT2D eigenvalue weighted by molar-refractivity contribution is 0.269. The Morgan fingerprint density at radius 1 is 0.862 bits per heavy atom. The summed E-state index contributed by atoms with van der Waals surface area (Å²) >= 11 is 0. The third-order valence-electron chi connectivity index (χ3n) is 4.58. The molecule has 0 spiro atoms. The van der Waals surface area contributed by atoms with Crippen molar-refractivity contribution in [3.63, 3.8) is 0 Å². The quantitative estimate of drug-likeness (QED) is 0.353. The monoisotopic (exact) mass is 383 g/mol. The summed E-state index contributed by atoms with van der Waals surface area (Å²) in [6, 6.07) is 24.3. The molecule has 0 atom stereocenters. The van der Waals surface area contributed by atoms with Gasteiger partial charge in [0.1, 0.15) is 6.61 Å². The number of allylic oxidation sites excluding steroid dienone is 1. The van der Waals surface area contributed by atoms with Gasteiger partial charge >= 0.3 is 0 Å². The molecule has 3 nitrogen and oxygen atoms in total. The molecular weight excluding hydrogens is 358 g/mol. The first kappa shape index (κ1) is 20.2. The Bertz CT molecular complexity index is 1030. The molecule has 146 valence electrons. The number of nitrogens with zero attached hydrogens (tertiary/aromatic N) is 1. The molecule has 0 heterocycles. The highest BCUT2D eigenvalue weighted by atomic mass is 16.5. The first-order chi connectivity index (χ1) is 14.1. The molecule has 3 heteroatoms. The zero-order chi connectivity index (χ0) is 20.6. The normalized spacial score (nSPS) is 11.0. The molecular formula is C26H25NO2. The van der Waals surface area contributed by atoms with Crippen molar-refractivity contribution in [2.45, 2.75) is 27.4 Å². The van der Waals surface area contributed by atoms with Crippen LogP contribution in [0.2, 0.25) is 0 Å².